The SMILES string of the molecule is COc1cc(F)ccc1Oc1nc2ccccc2nc1C(=O)Nc1ccc2[nH]c(=O)[nH]c2c1. The molecule has 0 saturated carbocycles. The zero-order chi connectivity index (χ0) is 22.9. The molecule has 0 aliphatic carbocycles. The normalized spacial score (nSPS) is 11.0. The summed E-state index contributed by atoms with van der Waals surface area (Å²) in [6.07, 6.45) is 0. The Bertz CT molecular complexity index is 1580. The van der Waals surface area contributed by atoms with Crippen molar-refractivity contribution in [3.05, 3.63) is 82.7 Å². The van der Waals surface area contributed by atoms with Crippen molar-refractivity contribution < 1.29 is 18.7 Å². The summed E-state index contributed by atoms with van der Waals surface area (Å²) >= 11 is 0. The van der Waals surface area contributed by atoms with Crippen molar-refractivity contribution in [3.8, 4) is 17.4 Å². The molecule has 33 heavy (non-hydrogen) atoms. The Morgan fingerprint density at radius 3 is 2.48 bits per heavy atom. The number of imidazole rings is 1. The third kappa shape index (κ3) is 3.97. The first-order valence-corrected chi connectivity index (χ1v) is 9.82. The molecule has 9 nitrogen and oxygen atoms in total. The molecule has 0 spiro atoms. The number of aromatic amines is 2. The number of benzene rings is 3. The number of nitrogens with one attached hydrogen (secondary N) is 3. The number of halogens is 1. The van der Waals surface area contributed by atoms with E-state index in [0.29, 0.717) is 27.8 Å². The number of hydrogen-bond donors (Lipinski definition) is 3. The van der Waals surface area contributed by atoms with Gasteiger partial charge in [-0.15, -0.1) is 0 Å². The summed E-state index contributed by atoms with van der Waals surface area (Å²) in [7, 11) is 1.38. The largest absolute Gasteiger partial charge is 0.493 e. The number of carbonyl (C=O) groups excluding carboxylic acids is 1. The van der Waals surface area contributed by atoms with Crippen LogP contribution in [-0.2, 0) is 0 Å². The molecule has 0 fully saturated rings. The van der Waals surface area contributed by atoms with Gasteiger partial charge in [0.25, 0.3) is 11.8 Å². The van der Waals surface area contributed by atoms with E-state index in [4.69, 9.17) is 9.47 Å². The minimum Gasteiger partial charge on any atom is -0.493 e. The standard InChI is InChI=1S/C23H16FN5O4/c1-32-19-10-12(24)6-9-18(19)33-22-20(26-14-4-2-3-5-15(14)27-22)21(30)25-13-7-8-16-17(11-13)29-23(31)28-16/h2-11H,1H3,(H,25,30)(H2,28,29,31). The van der Waals surface area contributed by atoms with E-state index in [9.17, 15) is 14.0 Å². The summed E-state index contributed by atoms with van der Waals surface area (Å²) in [6.45, 7) is 0. The third-order valence-electron chi connectivity index (χ3n) is 4.86. The van der Waals surface area contributed by atoms with Gasteiger partial charge in [-0.05, 0) is 42.5 Å². The fourth-order valence-corrected chi connectivity index (χ4v) is 3.33. The first kappa shape index (κ1) is 20.2. The lowest BCUT2D eigenvalue weighted by Crippen LogP contribution is -2.16. The average molecular weight is 445 g/mol. The monoisotopic (exact) mass is 445 g/mol. The van der Waals surface area contributed by atoms with Crippen molar-refractivity contribution in [1.82, 2.24) is 19.9 Å². The van der Waals surface area contributed by atoms with E-state index in [1.54, 1.807) is 42.5 Å². The Morgan fingerprint density at radius 2 is 1.70 bits per heavy atom. The van der Waals surface area contributed by atoms with Gasteiger partial charge < -0.3 is 24.8 Å². The molecule has 1 amide bonds. The minimum absolute atomic E-state index is 0.0766. The Labute approximate surface area is 185 Å². The van der Waals surface area contributed by atoms with Gasteiger partial charge in [0.15, 0.2) is 17.2 Å². The Hall–Kier alpha value is -4.73. The number of nitrogens with zero attached hydrogens (tertiary/aromatic N) is 2. The van der Waals surface area contributed by atoms with Gasteiger partial charge in [0, 0.05) is 11.8 Å². The number of amides is 1. The highest BCUT2D eigenvalue weighted by Gasteiger charge is 2.20. The van der Waals surface area contributed by atoms with Crippen LogP contribution in [0.5, 0.6) is 17.4 Å². The number of aromatic nitrogens is 4. The van der Waals surface area contributed by atoms with E-state index in [2.05, 4.69) is 25.3 Å². The van der Waals surface area contributed by atoms with Crippen LogP contribution in [0.2, 0.25) is 0 Å². The molecule has 0 aliphatic rings. The average Bonchev–Trinajstić information content (AvgIpc) is 3.19. The molecule has 164 valence electrons. The number of methoxy groups -OCH3 is 1. The van der Waals surface area contributed by atoms with Crippen LogP contribution in [-0.4, -0.2) is 33.0 Å². The van der Waals surface area contributed by atoms with Crippen LogP contribution < -0.4 is 20.5 Å². The van der Waals surface area contributed by atoms with E-state index in [0.717, 1.165) is 6.07 Å². The zero-order valence-corrected chi connectivity index (χ0v) is 17.2. The minimum atomic E-state index is -0.582. The van der Waals surface area contributed by atoms with Crippen LogP contribution in [0.25, 0.3) is 22.1 Å². The number of fused-ring (bicyclic) bond motifs is 2. The third-order valence-corrected chi connectivity index (χ3v) is 4.86. The summed E-state index contributed by atoms with van der Waals surface area (Å²) in [4.78, 5) is 38.8. The highest BCUT2D eigenvalue weighted by Crippen LogP contribution is 2.33. The Balaban J connectivity index is 1.55. The Morgan fingerprint density at radius 1 is 0.939 bits per heavy atom. The maximum Gasteiger partial charge on any atom is 0.323 e. The number of rotatable bonds is 5. The molecule has 0 aliphatic heterocycles. The van der Waals surface area contributed by atoms with Crippen molar-refractivity contribution in [3.63, 3.8) is 0 Å². The lowest BCUT2D eigenvalue weighted by molar-refractivity contribution is 0.101. The Kier molecular flexibility index (Phi) is 4.94. The topological polar surface area (TPSA) is 122 Å². The fourth-order valence-electron chi connectivity index (χ4n) is 3.33. The van der Waals surface area contributed by atoms with E-state index < -0.39 is 11.7 Å². The van der Waals surface area contributed by atoms with Crippen LogP contribution in [0.1, 0.15) is 10.5 Å². The van der Waals surface area contributed by atoms with Crippen LogP contribution >= 0.6 is 0 Å². The molecule has 2 heterocycles. The number of anilines is 1. The van der Waals surface area contributed by atoms with Crippen molar-refractivity contribution in [2.75, 3.05) is 12.4 Å². The van der Waals surface area contributed by atoms with E-state index in [1.165, 1.54) is 19.2 Å². The molecular weight excluding hydrogens is 429 g/mol. The van der Waals surface area contributed by atoms with Crippen LogP contribution in [0.15, 0.2) is 65.5 Å². The van der Waals surface area contributed by atoms with E-state index in [-0.39, 0.29) is 28.8 Å². The zero-order valence-electron chi connectivity index (χ0n) is 17.2. The lowest BCUT2D eigenvalue weighted by atomic mass is 10.2. The molecule has 0 atom stereocenters. The first-order chi connectivity index (χ1) is 16.0. The number of carbonyl (C=O) groups is 1. The van der Waals surface area contributed by atoms with Gasteiger partial charge in [0.1, 0.15) is 5.82 Å². The van der Waals surface area contributed by atoms with Crippen molar-refractivity contribution in [2.24, 2.45) is 0 Å². The first-order valence-electron chi connectivity index (χ1n) is 9.82. The van der Waals surface area contributed by atoms with Crippen molar-refractivity contribution >= 4 is 33.7 Å². The van der Waals surface area contributed by atoms with E-state index >= 15 is 0 Å². The van der Waals surface area contributed by atoms with E-state index in [1.807, 2.05) is 0 Å². The van der Waals surface area contributed by atoms with Crippen LogP contribution in [0.3, 0.4) is 0 Å². The molecule has 3 N–H and O–H groups in total. The van der Waals surface area contributed by atoms with Gasteiger partial charge >= 0.3 is 5.69 Å². The molecule has 10 heteroatoms. The highest BCUT2D eigenvalue weighted by molar-refractivity contribution is 6.06. The second kappa shape index (κ2) is 8.08. The number of para-hydroxylation sites is 2. The molecule has 0 radical (unpaired) electrons. The highest BCUT2D eigenvalue weighted by atomic mass is 19.1. The van der Waals surface area contributed by atoms with Gasteiger partial charge in [0.05, 0.1) is 29.2 Å². The van der Waals surface area contributed by atoms with Gasteiger partial charge in [-0.3, -0.25) is 4.79 Å². The summed E-state index contributed by atoms with van der Waals surface area (Å²) in [6, 6.07) is 15.7. The summed E-state index contributed by atoms with van der Waals surface area (Å²) in [5, 5.41) is 2.74. The summed E-state index contributed by atoms with van der Waals surface area (Å²) < 4.78 is 24.6. The molecule has 5 aromatic rings. The van der Waals surface area contributed by atoms with Crippen LogP contribution in [0.4, 0.5) is 10.1 Å². The van der Waals surface area contributed by atoms with Gasteiger partial charge in [-0.2, -0.15) is 0 Å². The molecule has 0 bridgehead atoms. The summed E-state index contributed by atoms with van der Waals surface area (Å²) in [5.74, 6) is -0.851. The number of hydrogen-bond acceptors (Lipinski definition) is 6. The number of H-pyrrole nitrogens is 2. The quantitative estimate of drug-likeness (QED) is 0.376. The van der Waals surface area contributed by atoms with Crippen molar-refractivity contribution in [1.29, 1.82) is 0 Å². The lowest BCUT2D eigenvalue weighted by Gasteiger charge is -2.13. The van der Waals surface area contributed by atoms with Crippen LogP contribution in [0, 0.1) is 5.82 Å². The van der Waals surface area contributed by atoms with Crippen molar-refractivity contribution in [2.45, 2.75) is 0 Å². The van der Waals surface area contributed by atoms with Gasteiger partial charge in [-0.25, -0.2) is 19.2 Å². The molecular formula is C23H16FN5O4. The smallest absolute Gasteiger partial charge is 0.323 e. The maximum absolute atomic E-state index is 13.6. The summed E-state index contributed by atoms with van der Waals surface area (Å²) in [5.41, 5.74) is 2.15. The molecule has 5 rings (SSSR count). The fraction of sp³-hybridized carbons (Fsp3) is 0.0435. The van der Waals surface area contributed by atoms with Gasteiger partial charge in [-0.1, -0.05) is 12.1 Å². The second-order valence-corrected chi connectivity index (χ2v) is 7.06. The number of ether oxygens (including phenoxy) is 2. The molecule has 0 saturated heterocycles. The predicted molar refractivity (Wildman–Crippen MR) is 119 cm³/mol. The molecule has 3 aromatic carbocycles. The molecule has 0 unspecified atom stereocenters. The second-order valence-electron chi connectivity index (χ2n) is 7.06. The van der Waals surface area contributed by atoms with Gasteiger partial charge in [0.2, 0.25) is 0 Å². The molecule has 2 aromatic heterocycles. The predicted octanol–water partition coefficient (Wildman–Crippen LogP) is 3.99. The maximum atomic E-state index is 13.6.